The number of aromatic nitrogens is 3. The molecule has 3 heterocycles. The largest absolute Gasteiger partial charge is 0.379 e. The van der Waals surface area contributed by atoms with Gasteiger partial charge in [-0.25, -0.2) is 0 Å². The third-order valence-electron chi connectivity index (χ3n) is 4.51. The lowest BCUT2D eigenvalue weighted by Crippen LogP contribution is -2.40. The fraction of sp³-hybridized carbons (Fsp3) is 0.263. The quantitative estimate of drug-likeness (QED) is 0.790. The molecule has 4 rings (SSSR count). The molecule has 126 valence electrons. The average Bonchev–Trinajstić information content (AvgIpc) is 3.08. The number of fused-ring (bicyclic) bond motifs is 1. The molecule has 1 saturated heterocycles. The van der Waals surface area contributed by atoms with Crippen LogP contribution in [0.2, 0.25) is 0 Å². The van der Waals surface area contributed by atoms with Crippen molar-refractivity contribution in [3.05, 3.63) is 66.2 Å². The number of hydrogen-bond donors (Lipinski definition) is 1. The molecule has 0 spiro atoms. The van der Waals surface area contributed by atoms with Crippen LogP contribution >= 0.6 is 0 Å². The molecule has 0 aliphatic carbocycles. The zero-order valence-corrected chi connectivity index (χ0v) is 13.6. The predicted octanol–water partition coefficient (Wildman–Crippen LogP) is 2.01. The topological polar surface area (TPSA) is 77.0 Å². The van der Waals surface area contributed by atoms with Gasteiger partial charge in [-0.1, -0.05) is 6.07 Å². The molecule has 0 radical (unpaired) electrons. The molecule has 1 fully saturated rings. The number of rotatable bonds is 4. The molecule has 6 heteroatoms. The van der Waals surface area contributed by atoms with Gasteiger partial charge in [-0.2, -0.15) is 0 Å². The number of pyridine rings is 1. The van der Waals surface area contributed by atoms with Crippen molar-refractivity contribution in [1.29, 1.82) is 0 Å². The summed E-state index contributed by atoms with van der Waals surface area (Å²) < 4.78 is 5.61. The second kappa shape index (κ2) is 6.94. The highest BCUT2D eigenvalue weighted by Crippen LogP contribution is 2.20. The van der Waals surface area contributed by atoms with Crippen LogP contribution in [0.3, 0.4) is 0 Å². The Hall–Kier alpha value is -2.86. The van der Waals surface area contributed by atoms with E-state index in [1.54, 1.807) is 30.9 Å². The van der Waals surface area contributed by atoms with E-state index in [-0.39, 0.29) is 17.9 Å². The summed E-state index contributed by atoms with van der Waals surface area (Å²) in [6.07, 6.45) is 7.65. The molecule has 0 bridgehead atoms. The van der Waals surface area contributed by atoms with E-state index >= 15 is 0 Å². The van der Waals surface area contributed by atoms with Gasteiger partial charge < -0.3 is 10.1 Å². The van der Waals surface area contributed by atoms with Gasteiger partial charge in [0.15, 0.2) is 0 Å². The molecular formula is C19H18N4O2. The van der Waals surface area contributed by atoms with E-state index in [9.17, 15) is 4.79 Å². The van der Waals surface area contributed by atoms with Crippen molar-refractivity contribution in [2.45, 2.75) is 12.5 Å². The lowest BCUT2D eigenvalue weighted by molar-refractivity contribution is 0.0926. The number of nitrogens with zero attached hydrogens (tertiary/aromatic N) is 3. The van der Waals surface area contributed by atoms with Crippen molar-refractivity contribution >= 4 is 16.9 Å². The van der Waals surface area contributed by atoms with Crippen LogP contribution in [0.1, 0.15) is 15.9 Å². The van der Waals surface area contributed by atoms with Crippen molar-refractivity contribution in [2.24, 2.45) is 5.92 Å². The van der Waals surface area contributed by atoms with Crippen molar-refractivity contribution in [2.75, 3.05) is 13.2 Å². The first kappa shape index (κ1) is 15.7. The van der Waals surface area contributed by atoms with Crippen LogP contribution in [0.25, 0.3) is 11.0 Å². The molecule has 1 aliphatic heterocycles. The fourth-order valence-corrected chi connectivity index (χ4v) is 3.20. The Kier molecular flexibility index (Phi) is 4.35. The van der Waals surface area contributed by atoms with Crippen molar-refractivity contribution in [3.63, 3.8) is 0 Å². The second-order valence-corrected chi connectivity index (χ2v) is 6.17. The van der Waals surface area contributed by atoms with Gasteiger partial charge in [0.1, 0.15) is 5.52 Å². The van der Waals surface area contributed by atoms with E-state index in [2.05, 4.69) is 20.3 Å². The molecule has 1 aliphatic rings. The van der Waals surface area contributed by atoms with E-state index in [0.717, 1.165) is 6.42 Å². The molecule has 3 aromatic rings. The van der Waals surface area contributed by atoms with Crippen molar-refractivity contribution in [3.8, 4) is 0 Å². The Morgan fingerprint density at radius 1 is 1.08 bits per heavy atom. The summed E-state index contributed by atoms with van der Waals surface area (Å²) in [5.41, 5.74) is 3.07. The Bertz CT molecular complexity index is 879. The zero-order valence-electron chi connectivity index (χ0n) is 13.6. The third kappa shape index (κ3) is 3.34. The molecule has 2 aromatic heterocycles. The highest BCUT2D eigenvalue weighted by Gasteiger charge is 2.30. The summed E-state index contributed by atoms with van der Waals surface area (Å²) in [5, 5.41) is 3.11. The Labute approximate surface area is 145 Å². The second-order valence-electron chi connectivity index (χ2n) is 6.17. The lowest BCUT2D eigenvalue weighted by atomic mass is 9.95. The van der Waals surface area contributed by atoms with Crippen LogP contribution in [0, 0.1) is 5.92 Å². The highest BCUT2D eigenvalue weighted by molar-refractivity contribution is 6.04. The number of amides is 1. The number of nitrogens with one attached hydrogen (secondary N) is 1. The molecule has 0 unspecified atom stereocenters. The normalized spacial score (nSPS) is 19.8. The summed E-state index contributed by atoms with van der Waals surface area (Å²) in [5.74, 6) is 0.105. The van der Waals surface area contributed by atoms with Crippen LogP contribution < -0.4 is 5.32 Å². The van der Waals surface area contributed by atoms with E-state index in [1.807, 2.05) is 24.3 Å². The van der Waals surface area contributed by atoms with E-state index in [0.29, 0.717) is 29.8 Å². The van der Waals surface area contributed by atoms with Crippen LogP contribution in [-0.4, -0.2) is 40.1 Å². The molecule has 1 amide bonds. The Morgan fingerprint density at radius 3 is 2.80 bits per heavy atom. The molecule has 1 aromatic carbocycles. The van der Waals surface area contributed by atoms with Gasteiger partial charge in [0.05, 0.1) is 30.3 Å². The number of hydrogen-bond acceptors (Lipinski definition) is 5. The highest BCUT2D eigenvalue weighted by atomic mass is 16.5. The molecule has 1 N–H and O–H groups in total. The summed E-state index contributed by atoms with van der Waals surface area (Å²) in [7, 11) is 0. The van der Waals surface area contributed by atoms with Gasteiger partial charge in [-0.3, -0.25) is 19.7 Å². The Balaban J connectivity index is 1.51. The Morgan fingerprint density at radius 2 is 1.92 bits per heavy atom. The number of carbonyl (C=O) groups excluding carboxylic acids is 1. The fourth-order valence-electron chi connectivity index (χ4n) is 3.20. The first-order valence-electron chi connectivity index (χ1n) is 8.28. The molecular weight excluding hydrogens is 316 g/mol. The van der Waals surface area contributed by atoms with Crippen LogP contribution in [0.4, 0.5) is 0 Å². The van der Waals surface area contributed by atoms with Gasteiger partial charge in [-0.15, -0.1) is 0 Å². The van der Waals surface area contributed by atoms with Crippen molar-refractivity contribution < 1.29 is 9.53 Å². The first-order chi connectivity index (χ1) is 12.3. The number of para-hydroxylation sites is 1. The van der Waals surface area contributed by atoms with E-state index in [4.69, 9.17) is 4.74 Å². The smallest absolute Gasteiger partial charge is 0.253 e. The minimum atomic E-state index is -0.138. The minimum Gasteiger partial charge on any atom is -0.379 e. The SMILES string of the molecule is O=C(N[C@@H]1COC[C@H]1Cc1ccncc1)c1cccc2nccnc12. The number of ether oxygens (including phenoxy) is 1. The summed E-state index contributed by atoms with van der Waals surface area (Å²) in [6.45, 7) is 1.17. The average molecular weight is 334 g/mol. The molecule has 6 nitrogen and oxygen atoms in total. The molecule has 2 atom stereocenters. The summed E-state index contributed by atoms with van der Waals surface area (Å²) in [6, 6.07) is 9.43. The number of benzene rings is 1. The van der Waals surface area contributed by atoms with Gasteiger partial charge in [0.2, 0.25) is 0 Å². The first-order valence-corrected chi connectivity index (χ1v) is 8.28. The summed E-state index contributed by atoms with van der Waals surface area (Å²) in [4.78, 5) is 25.4. The van der Waals surface area contributed by atoms with Crippen LogP contribution in [0.5, 0.6) is 0 Å². The molecule has 0 saturated carbocycles. The third-order valence-corrected chi connectivity index (χ3v) is 4.51. The van der Waals surface area contributed by atoms with Gasteiger partial charge in [0.25, 0.3) is 5.91 Å². The van der Waals surface area contributed by atoms with Crippen LogP contribution in [-0.2, 0) is 11.2 Å². The lowest BCUT2D eigenvalue weighted by Gasteiger charge is -2.19. The summed E-state index contributed by atoms with van der Waals surface area (Å²) >= 11 is 0. The number of carbonyl (C=O) groups is 1. The minimum absolute atomic E-state index is 0.0207. The van der Waals surface area contributed by atoms with Gasteiger partial charge in [-0.05, 0) is 36.2 Å². The van der Waals surface area contributed by atoms with Crippen molar-refractivity contribution in [1.82, 2.24) is 20.3 Å². The maximum Gasteiger partial charge on any atom is 0.253 e. The maximum absolute atomic E-state index is 12.8. The van der Waals surface area contributed by atoms with E-state index in [1.165, 1.54) is 5.56 Å². The van der Waals surface area contributed by atoms with Crippen LogP contribution in [0.15, 0.2) is 55.1 Å². The zero-order chi connectivity index (χ0) is 17.1. The van der Waals surface area contributed by atoms with Gasteiger partial charge >= 0.3 is 0 Å². The monoisotopic (exact) mass is 334 g/mol. The standard InChI is InChI=1S/C19H18N4O2/c24-19(15-2-1-3-16-18(15)22-9-8-21-16)23-17-12-25-11-14(17)10-13-4-6-20-7-5-13/h1-9,14,17H,10-12H2,(H,23,24)/t14-,17-/m1/s1. The maximum atomic E-state index is 12.8. The van der Waals surface area contributed by atoms with Gasteiger partial charge in [0, 0.05) is 30.7 Å². The predicted molar refractivity (Wildman–Crippen MR) is 93.0 cm³/mol. The van der Waals surface area contributed by atoms with E-state index < -0.39 is 0 Å². The molecule has 25 heavy (non-hydrogen) atoms.